The van der Waals surface area contributed by atoms with E-state index in [0.29, 0.717) is 13.2 Å². The number of thiophene rings is 2. The molecule has 0 aliphatic carbocycles. The second-order valence-corrected chi connectivity index (χ2v) is 5.37. The van der Waals surface area contributed by atoms with E-state index in [2.05, 4.69) is 12.1 Å². The maximum Gasteiger partial charge on any atom is 0.179 e. The van der Waals surface area contributed by atoms with Crippen LogP contribution in [-0.2, 0) is 9.47 Å². The van der Waals surface area contributed by atoms with Gasteiger partial charge in [0.25, 0.3) is 0 Å². The Kier molecular flexibility index (Phi) is 4.84. The summed E-state index contributed by atoms with van der Waals surface area (Å²) in [5.74, 6) is 1.69. The minimum Gasteiger partial charge on any atom is -0.488 e. The molecule has 0 bridgehead atoms. The molecule has 4 heteroatoms. The van der Waals surface area contributed by atoms with Crippen molar-refractivity contribution < 1.29 is 9.47 Å². The number of hydrogen-bond acceptors (Lipinski definition) is 4. The van der Waals surface area contributed by atoms with Crippen molar-refractivity contribution >= 4 is 34.2 Å². The molecule has 0 saturated carbocycles. The van der Waals surface area contributed by atoms with Gasteiger partial charge in [-0.3, -0.25) is 0 Å². The van der Waals surface area contributed by atoms with Crippen molar-refractivity contribution in [3.8, 4) is 0 Å². The monoisotopic (exact) mass is 280 g/mol. The fourth-order valence-corrected chi connectivity index (χ4v) is 3.04. The van der Waals surface area contributed by atoms with Gasteiger partial charge in [-0.05, 0) is 36.7 Å². The average Bonchev–Trinajstić information content (AvgIpc) is 3.05. The van der Waals surface area contributed by atoms with Crippen LogP contribution in [0.15, 0.2) is 35.0 Å². The van der Waals surface area contributed by atoms with Crippen LogP contribution in [0.5, 0.6) is 0 Å². The molecule has 0 aliphatic rings. The van der Waals surface area contributed by atoms with Crippen LogP contribution in [0.3, 0.4) is 0 Å². The zero-order valence-corrected chi connectivity index (χ0v) is 12.1. The molecule has 0 atom stereocenters. The van der Waals surface area contributed by atoms with Crippen molar-refractivity contribution in [2.45, 2.75) is 13.8 Å². The number of hydrogen-bond donors (Lipinski definition) is 0. The maximum absolute atomic E-state index is 5.80. The van der Waals surface area contributed by atoms with Crippen molar-refractivity contribution in [2.75, 3.05) is 13.2 Å². The first-order chi connectivity index (χ1) is 8.86. The summed E-state index contributed by atoms with van der Waals surface area (Å²) in [5.41, 5.74) is 0. The summed E-state index contributed by atoms with van der Waals surface area (Å²) in [6.07, 6.45) is 0. The van der Waals surface area contributed by atoms with E-state index in [0.717, 1.165) is 21.3 Å². The molecule has 2 aromatic rings. The van der Waals surface area contributed by atoms with Crippen molar-refractivity contribution in [1.82, 2.24) is 0 Å². The molecular formula is C14H16O2S2. The highest BCUT2D eigenvalue weighted by atomic mass is 32.1. The predicted molar refractivity (Wildman–Crippen MR) is 78.7 cm³/mol. The van der Waals surface area contributed by atoms with Gasteiger partial charge in [0.1, 0.15) is 0 Å². The van der Waals surface area contributed by atoms with E-state index in [1.165, 1.54) is 0 Å². The molecule has 18 heavy (non-hydrogen) atoms. The molecule has 0 fully saturated rings. The Morgan fingerprint density at radius 2 is 1.33 bits per heavy atom. The third kappa shape index (κ3) is 2.94. The Morgan fingerprint density at radius 1 is 0.889 bits per heavy atom. The first kappa shape index (κ1) is 13.2. The average molecular weight is 280 g/mol. The minimum absolute atomic E-state index is 0.634. The SMILES string of the molecule is CCOC(=C(OCC)c1cccs1)c1cccs1. The normalized spacial score (nSPS) is 12.1. The molecule has 0 unspecified atom stereocenters. The highest BCUT2D eigenvalue weighted by Gasteiger charge is 2.16. The molecule has 96 valence electrons. The van der Waals surface area contributed by atoms with Crippen molar-refractivity contribution in [3.63, 3.8) is 0 Å². The van der Waals surface area contributed by atoms with Crippen LogP contribution >= 0.6 is 22.7 Å². The zero-order chi connectivity index (χ0) is 12.8. The van der Waals surface area contributed by atoms with Crippen LogP contribution in [0.1, 0.15) is 23.6 Å². The summed E-state index contributed by atoms with van der Waals surface area (Å²) < 4.78 is 11.6. The highest BCUT2D eigenvalue weighted by Crippen LogP contribution is 2.33. The van der Waals surface area contributed by atoms with Crippen molar-refractivity contribution in [1.29, 1.82) is 0 Å². The molecule has 0 radical (unpaired) electrons. The first-order valence-electron chi connectivity index (χ1n) is 5.94. The van der Waals surface area contributed by atoms with Crippen molar-refractivity contribution in [2.24, 2.45) is 0 Å². The van der Waals surface area contributed by atoms with Gasteiger partial charge in [0.05, 0.1) is 23.0 Å². The predicted octanol–water partition coefficient (Wildman–Crippen LogP) is 4.71. The Balaban J connectivity index is 2.47. The lowest BCUT2D eigenvalue weighted by molar-refractivity contribution is 0.262. The third-order valence-electron chi connectivity index (χ3n) is 2.27. The summed E-state index contributed by atoms with van der Waals surface area (Å²) >= 11 is 3.33. The number of ether oxygens (including phenoxy) is 2. The third-order valence-corrected chi connectivity index (χ3v) is 4.01. The molecule has 2 aromatic heterocycles. The molecule has 0 saturated heterocycles. The molecule has 0 aromatic carbocycles. The van der Waals surface area contributed by atoms with E-state index in [1.807, 2.05) is 36.7 Å². The van der Waals surface area contributed by atoms with Gasteiger partial charge in [0.15, 0.2) is 11.5 Å². The van der Waals surface area contributed by atoms with E-state index in [9.17, 15) is 0 Å². The minimum atomic E-state index is 0.634. The van der Waals surface area contributed by atoms with E-state index in [1.54, 1.807) is 22.7 Å². The van der Waals surface area contributed by atoms with Gasteiger partial charge in [-0.1, -0.05) is 12.1 Å². The molecular weight excluding hydrogens is 264 g/mol. The van der Waals surface area contributed by atoms with E-state index in [4.69, 9.17) is 9.47 Å². The van der Waals surface area contributed by atoms with Crippen LogP contribution in [0.2, 0.25) is 0 Å². The number of rotatable bonds is 6. The second kappa shape index (κ2) is 6.61. The lowest BCUT2D eigenvalue weighted by Gasteiger charge is -2.13. The van der Waals surface area contributed by atoms with Gasteiger partial charge in [-0.15, -0.1) is 22.7 Å². The molecule has 0 spiro atoms. The van der Waals surface area contributed by atoms with E-state index >= 15 is 0 Å². The van der Waals surface area contributed by atoms with Crippen molar-refractivity contribution in [3.05, 3.63) is 44.8 Å². The standard InChI is InChI=1S/C14H16O2S2/c1-3-15-13(11-7-5-9-17-11)14(16-4-2)12-8-6-10-18-12/h5-10H,3-4H2,1-2H3. The van der Waals surface area contributed by atoms with E-state index < -0.39 is 0 Å². The Bertz CT molecular complexity index is 438. The summed E-state index contributed by atoms with van der Waals surface area (Å²) in [6.45, 7) is 5.25. The molecule has 2 heterocycles. The zero-order valence-electron chi connectivity index (χ0n) is 10.5. The largest absolute Gasteiger partial charge is 0.488 e. The van der Waals surface area contributed by atoms with Crippen LogP contribution in [0.4, 0.5) is 0 Å². The summed E-state index contributed by atoms with van der Waals surface area (Å²) in [7, 11) is 0. The van der Waals surface area contributed by atoms with Crippen LogP contribution in [0.25, 0.3) is 11.5 Å². The lowest BCUT2D eigenvalue weighted by Crippen LogP contribution is -1.98. The Hall–Kier alpha value is -1.26. The summed E-state index contributed by atoms with van der Waals surface area (Å²) in [5, 5.41) is 4.10. The smallest absolute Gasteiger partial charge is 0.179 e. The maximum atomic E-state index is 5.80. The van der Waals surface area contributed by atoms with Crippen LogP contribution in [-0.4, -0.2) is 13.2 Å². The molecule has 0 N–H and O–H groups in total. The fourth-order valence-electron chi connectivity index (χ4n) is 1.60. The quantitative estimate of drug-likeness (QED) is 0.713. The second-order valence-electron chi connectivity index (χ2n) is 3.48. The van der Waals surface area contributed by atoms with Gasteiger partial charge < -0.3 is 9.47 Å². The Morgan fingerprint density at radius 3 is 1.61 bits per heavy atom. The van der Waals surface area contributed by atoms with Gasteiger partial charge in [-0.2, -0.15) is 0 Å². The van der Waals surface area contributed by atoms with Gasteiger partial charge >= 0.3 is 0 Å². The van der Waals surface area contributed by atoms with Crippen LogP contribution < -0.4 is 0 Å². The van der Waals surface area contributed by atoms with Gasteiger partial charge in [-0.25, -0.2) is 0 Å². The van der Waals surface area contributed by atoms with Crippen LogP contribution in [0, 0.1) is 0 Å². The first-order valence-corrected chi connectivity index (χ1v) is 7.70. The summed E-state index contributed by atoms with van der Waals surface area (Å²) in [6, 6.07) is 8.17. The Labute approximate surface area is 115 Å². The molecule has 2 nitrogen and oxygen atoms in total. The van der Waals surface area contributed by atoms with Gasteiger partial charge in [0.2, 0.25) is 0 Å². The van der Waals surface area contributed by atoms with Gasteiger partial charge in [0, 0.05) is 0 Å². The fraction of sp³-hybridized carbons (Fsp3) is 0.286. The molecule has 2 rings (SSSR count). The lowest BCUT2D eigenvalue weighted by atomic mass is 10.3. The topological polar surface area (TPSA) is 18.5 Å². The summed E-state index contributed by atoms with van der Waals surface area (Å²) in [4.78, 5) is 2.21. The molecule has 0 aliphatic heterocycles. The highest BCUT2D eigenvalue weighted by molar-refractivity contribution is 7.12. The van der Waals surface area contributed by atoms with E-state index in [-0.39, 0.29) is 0 Å². The molecule has 0 amide bonds.